The van der Waals surface area contributed by atoms with E-state index < -0.39 is 12.0 Å². The zero-order chi connectivity index (χ0) is 20.4. The van der Waals surface area contributed by atoms with E-state index >= 15 is 0 Å². The predicted molar refractivity (Wildman–Crippen MR) is 108 cm³/mol. The van der Waals surface area contributed by atoms with Gasteiger partial charge in [0.15, 0.2) is 0 Å². The highest BCUT2D eigenvalue weighted by molar-refractivity contribution is 8.00. The number of carbonyl (C=O) groups is 3. The summed E-state index contributed by atoms with van der Waals surface area (Å²) in [5.41, 5.74) is 0. The van der Waals surface area contributed by atoms with Gasteiger partial charge in [-0.15, -0.1) is 11.8 Å². The lowest BCUT2D eigenvalue weighted by Gasteiger charge is -2.36. The van der Waals surface area contributed by atoms with Crippen LogP contribution in [0, 0.1) is 0 Å². The number of aliphatic carboxylic acids is 1. The summed E-state index contributed by atoms with van der Waals surface area (Å²) < 4.78 is 0. The molecule has 0 spiro atoms. The number of thioether (sulfide) groups is 1. The minimum Gasteiger partial charge on any atom is -0.480 e. The molecule has 0 unspecified atom stereocenters. The van der Waals surface area contributed by atoms with Crippen LogP contribution in [0.1, 0.15) is 45.4 Å². The average molecular weight is 413 g/mol. The molecule has 8 nitrogen and oxygen atoms in total. The maximum atomic E-state index is 12.0. The predicted octanol–water partition coefficient (Wildman–Crippen LogP) is 0.471. The molecule has 28 heavy (non-hydrogen) atoms. The molecule has 0 radical (unpaired) electrons. The molecule has 0 aromatic heterocycles. The molecule has 0 saturated carbocycles. The lowest BCUT2D eigenvalue weighted by Crippen LogP contribution is -2.55. The van der Waals surface area contributed by atoms with Gasteiger partial charge in [-0.3, -0.25) is 9.59 Å². The van der Waals surface area contributed by atoms with Crippen LogP contribution in [0.15, 0.2) is 0 Å². The highest BCUT2D eigenvalue weighted by Gasteiger charge is 2.45. The third-order valence-electron chi connectivity index (χ3n) is 6.40. The van der Waals surface area contributed by atoms with Crippen molar-refractivity contribution in [3.05, 3.63) is 0 Å². The third kappa shape index (κ3) is 4.02. The maximum absolute atomic E-state index is 12.0. The van der Waals surface area contributed by atoms with Crippen molar-refractivity contribution in [1.82, 2.24) is 20.4 Å². The fraction of sp³-hybridized carbons (Fsp3) is 0.842. The van der Waals surface area contributed by atoms with Crippen molar-refractivity contribution in [2.45, 2.75) is 81.0 Å². The van der Waals surface area contributed by atoms with Gasteiger partial charge < -0.3 is 25.5 Å². The number of hydrogen-bond acceptors (Lipinski definition) is 6. The second kappa shape index (κ2) is 9.00. The van der Waals surface area contributed by atoms with Gasteiger partial charge in [0.05, 0.1) is 17.5 Å². The quantitative estimate of drug-likeness (QED) is 0.619. The summed E-state index contributed by atoms with van der Waals surface area (Å²) in [7, 11) is 3.62. The van der Waals surface area contributed by atoms with Gasteiger partial charge in [0, 0.05) is 17.8 Å². The molecule has 2 amide bonds. The van der Waals surface area contributed by atoms with E-state index in [4.69, 9.17) is 5.11 Å². The molecule has 9 heteroatoms. The van der Waals surface area contributed by atoms with Gasteiger partial charge in [0.2, 0.25) is 11.8 Å². The molecule has 0 aromatic rings. The largest absolute Gasteiger partial charge is 0.480 e. The van der Waals surface area contributed by atoms with Gasteiger partial charge in [-0.1, -0.05) is 0 Å². The van der Waals surface area contributed by atoms with Crippen molar-refractivity contribution >= 4 is 29.5 Å². The molecule has 0 aromatic carbocycles. The van der Waals surface area contributed by atoms with Crippen LogP contribution < -0.4 is 10.6 Å². The molecule has 0 bridgehead atoms. The smallest absolute Gasteiger partial charge is 0.326 e. The Bertz CT molecular complexity index is 619. The summed E-state index contributed by atoms with van der Waals surface area (Å²) in [4.78, 5) is 38.5. The van der Waals surface area contributed by atoms with Crippen LogP contribution in [0.3, 0.4) is 0 Å². The number of rotatable bonds is 3. The van der Waals surface area contributed by atoms with Crippen molar-refractivity contribution < 1.29 is 19.5 Å². The molecule has 6 atom stereocenters. The highest BCUT2D eigenvalue weighted by atomic mass is 32.2. The number of hydrogen-bond donors (Lipinski definition) is 3. The van der Waals surface area contributed by atoms with Crippen molar-refractivity contribution in [2.24, 2.45) is 0 Å². The fourth-order valence-corrected chi connectivity index (χ4v) is 6.27. The highest BCUT2D eigenvalue weighted by Crippen LogP contribution is 2.36. The first-order valence-electron chi connectivity index (χ1n) is 10.2. The third-order valence-corrected chi connectivity index (χ3v) is 7.92. The second-order valence-electron chi connectivity index (χ2n) is 8.05. The average Bonchev–Trinajstić information content (AvgIpc) is 3.28. The first-order chi connectivity index (χ1) is 13.4. The van der Waals surface area contributed by atoms with Crippen LogP contribution in [0.5, 0.6) is 0 Å². The molecule has 158 valence electrons. The molecule has 4 aliphatic rings. The van der Waals surface area contributed by atoms with Crippen LogP contribution in [-0.2, 0) is 14.4 Å². The number of carbonyl (C=O) groups excluding carboxylic acids is 2. The van der Waals surface area contributed by atoms with E-state index in [1.165, 1.54) is 0 Å². The number of nitrogens with zero attached hydrogens (tertiary/aromatic N) is 2. The first-order valence-corrected chi connectivity index (χ1v) is 11.3. The van der Waals surface area contributed by atoms with Gasteiger partial charge in [-0.25, -0.2) is 4.79 Å². The molecule has 3 N–H and O–H groups in total. The van der Waals surface area contributed by atoms with Gasteiger partial charge >= 0.3 is 5.97 Å². The first kappa shape index (κ1) is 21.4. The minimum absolute atomic E-state index is 0.0429. The fourth-order valence-electron chi connectivity index (χ4n) is 4.83. The maximum Gasteiger partial charge on any atom is 0.326 e. The summed E-state index contributed by atoms with van der Waals surface area (Å²) in [6.07, 6.45) is 5.31. The van der Waals surface area contributed by atoms with Crippen LogP contribution in [0.2, 0.25) is 0 Å². The Hall–Kier alpha value is -1.32. The zero-order valence-corrected chi connectivity index (χ0v) is 17.7. The van der Waals surface area contributed by atoms with Crippen LogP contribution in [0.4, 0.5) is 0 Å². The summed E-state index contributed by atoms with van der Waals surface area (Å²) in [5.74, 6) is 0.491. The molecule has 4 saturated heterocycles. The Morgan fingerprint density at radius 3 is 2.14 bits per heavy atom. The number of carboxylic acid groups (broad SMARTS) is 1. The van der Waals surface area contributed by atoms with Crippen molar-refractivity contribution in [1.29, 1.82) is 0 Å². The normalized spacial score (nSPS) is 37.2. The Balaban J connectivity index is 0.000000162. The lowest BCUT2D eigenvalue weighted by atomic mass is 9.98. The van der Waals surface area contributed by atoms with Crippen molar-refractivity contribution in [2.75, 3.05) is 19.8 Å². The number of likely N-dealkylation sites (N-methyl/N-ethyl adjacent to an activating group) is 2. The van der Waals surface area contributed by atoms with Crippen molar-refractivity contribution in [3.63, 3.8) is 0 Å². The number of piperidine rings is 2. The lowest BCUT2D eigenvalue weighted by molar-refractivity contribution is -0.152. The molecule has 4 aliphatic heterocycles. The Kier molecular flexibility index (Phi) is 6.88. The van der Waals surface area contributed by atoms with E-state index in [9.17, 15) is 14.4 Å². The molecule has 4 fully saturated rings. The number of fused-ring (bicyclic) bond motifs is 2. The monoisotopic (exact) mass is 412 g/mol. The molecule has 0 aliphatic carbocycles. The molecule has 4 rings (SSSR count). The van der Waals surface area contributed by atoms with Crippen LogP contribution in [0.25, 0.3) is 0 Å². The van der Waals surface area contributed by atoms with Crippen LogP contribution >= 0.6 is 11.8 Å². The van der Waals surface area contributed by atoms with Gasteiger partial charge in [-0.05, 0) is 59.5 Å². The minimum atomic E-state index is -0.873. The number of carboxylic acids is 1. The summed E-state index contributed by atoms with van der Waals surface area (Å²) >= 11 is 1.93. The van der Waals surface area contributed by atoms with E-state index in [1.54, 1.807) is 11.9 Å². The van der Waals surface area contributed by atoms with E-state index in [0.29, 0.717) is 23.7 Å². The Morgan fingerprint density at radius 1 is 0.964 bits per heavy atom. The van der Waals surface area contributed by atoms with Crippen molar-refractivity contribution in [3.8, 4) is 0 Å². The zero-order valence-electron chi connectivity index (χ0n) is 16.9. The van der Waals surface area contributed by atoms with E-state index in [-0.39, 0.29) is 24.0 Å². The van der Waals surface area contributed by atoms with Gasteiger partial charge in [0.1, 0.15) is 6.04 Å². The summed E-state index contributed by atoms with van der Waals surface area (Å²) in [5, 5.41) is 15.5. The molecular weight excluding hydrogens is 380 g/mol. The van der Waals surface area contributed by atoms with Gasteiger partial charge in [-0.2, -0.15) is 0 Å². The summed E-state index contributed by atoms with van der Waals surface area (Å²) in [6.45, 7) is 2.14. The van der Waals surface area contributed by atoms with Gasteiger partial charge in [0.25, 0.3) is 0 Å². The van der Waals surface area contributed by atoms with E-state index in [0.717, 1.165) is 37.9 Å². The number of nitrogens with one attached hydrogen (secondary N) is 2. The Labute approximate surface area is 170 Å². The topological polar surface area (TPSA) is 102 Å². The van der Waals surface area contributed by atoms with E-state index in [1.807, 2.05) is 18.8 Å². The summed E-state index contributed by atoms with van der Waals surface area (Å²) in [6, 6.07) is -0.140. The SMILES string of the molecule is CN[C@H]1CC[C@@H]2SC[C@@H](C)N2C1=O.CN[C@H]1CC[C@H]2CC[C@@H](C(=O)O)N2C1=O. The standard InChI is InChI=1S/C10H16N2O3.C9H16N2OS/c1-11-7-4-2-6-3-5-8(10(14)15)12(6)9(7)13;1-6-5-13-8-4-3-7(10-2)9(12)11(6)8/h6-8,11H,2-5H2,1H3,(H,14,15);6-8,10H,3-5H2,1-2H3/t6-,7-,8-;6-,7+,8+/m01/s1. The number of amides is 2. The molecule has 4 heterocycles. The van der Waals surface area contributed by atoms with Crippen LogP contribution in [-0.4, -0.2) is 88.1 Å². The van der Waals surface area contributed by atoms with E-state index in [2.05, 4.69) is 22.5 Å². The molecular formula is C19H32N4O4S. The second-order valence-corrected chi connectivity index (χ2v) is 9.26. The Morgan fingerprint density at radius 2 is 1.54 bits per heavy atom.